The van der Waals surface area contributed by atoms with E-state index in [1.807, 2.05) is 62.4 Å². The lowest BCUT2D eigenvalue weighted by atomic mass is 9.97. The zero-order chi connectivity index (χ0) is 18.5. The van der Waals surface area contributed by atoms with Gasteiger partial charge in [-0.1, -0.05) is 62.4 Å². The molecule has 132 valence electrons. The monoisotopic (exact) mass is 347 g/mol. The van der Waals surface area contributed by atoms with E-state index >= 15 is 0 Å². The van der Waals surface area contributed by atoms with Crippen molar-refractivity contribution in [2.24, 2.45) is 11.0 Å². The first kappa shape index (κ1) is 17.6. The molecule has 0 fully saturated rings. The predicted octanol–water partition coefficient (Wildman–Crippen LogP) is 3.22. The third kappa shape index (κ3) is 3.88. The lowest BCUT2D eigenvalue weighted by molar-refractivity contribution is -0.139. The Morgan fingerprint density at radius 1 is 0.962 bits per heavy atom. The molecule has 0 aliphatic rings. The second-order valence-electron chi connectivity index (χ2n) is 6.54. The van der Waals surface area contributed by atoms with Crippen molar-refractivity contribution in [3.8, 4) is 0 Å². The smallest absolute Gasteiger partial charge is 0.329 e. The molecule has 0 aliphatic heterocycles. The van der Waals surface area contributed by atoms with Crippen molar-refractivity contribution in [1.29, 1.82) is 0 Å². The highest BCUT2D eigenvalue weighted by Gasteiger charge is 2.12. The average Bonchev–Trinajstić information content (AvgIpc) is 2.65. The molecule has 0 aliphatic carbocycles. The van der Waals surface area contributed by atoms with Crippen LogP contribution in [-0.4, -0.2) is 24.6 Å². The minimum absolute atomic E-state index is 0.275. The van der Waals surface area contributed by atoms with E-state index in [1.165, 1.54) is 0 Å². The normalized spacial score (nSPS) is 11.3. The molecule has 3 aromatic carbocycles. The molecule has 0 saturated heterocycles. The van der Waals surface area contributed by atoms with Gasteiger partial charge in [-0.2, -0.15) is 5.10 Å². The van der Waals surface area contributed by atoms with Crippen LogP contribution in [0.5, 0.6) is 0 Å². The van der Waals surface area contributed by atoms with Crippen molar-refractivity contribution in [2.75, 3.05) is 6.54 Å². The summed E-state index contributed by atoms with van der Waals surface area (Å²) in [6.07, 6.45) is 1.60. The van der Waals surface area contributed by atoms with E-state index in [2.05, 4.69) is 21.9 Å². The molecule has 0 aromatic heterocycles. The van der Waals surface area contributed by atoms with Crippen LogP contribution in [0.2, 0.25) is 0 Å². The largest absolute Gasteiger partial charge is 0.348 e. The number of rotatable bonds is 4. The summed E-state index contributed by atoms with van der Waals surface area (Å²) >= 11 is 0. The SMILES string of the molecule is CC(C)CNC(=O)C(=O)N/N=C\c1c2ccccc2cc2ccccc12. The topological polar surface area (TPSA) is 70.6 Å². The highest BCUT2D eigenvalue weighted by Crippen LogP contribution is 2.27. The van der Waals surface area contributed by atoms with Gasteiger partial charge in [0.15, 0.2) is 0 Å². The van der Waals surface area contributed by atoms with Gasteiger partial charge in [-0.05, 0) is 33.5 Å². The Morgan fingerprint density at radius 2 is 1.54 bits per heavy atom. The molecular formula is C21H21N3O2. The molecule has 5 nitrogen and oxygen atoms in total. The Labute approximate surface area is 152 Å². The Kier molecular flexibility index (Phi) is 5.27. The molecule has 3 rings (SSSR count). The molecule has 2 N–H and O–H groups in total. The van der Waals surface area contributed by atoms with Crippen LogP contribution in [-0.2, 0) is 9.59 Å². The van der Waals surface area contributed by atoms with Gasteiger partial charge in [0.05, 0.1) is 6.21 Å². The van der Waals surface area contributed by atoms with E-state index in [0.717, 1.165) is 27.1 Å². The highest BCUT2D eigenvalue weighted by molar-refractivity contribution is 6.35. The number of nitrogens with one attached hydrogen (secondary N) is 2. The standard InChI is InChI=1S/C21H21N3O2/c1-14(2)12-22-20(25)21(26)24-23-13-19-17-9-5-3-7-15(17)11-16-8-4-6-10-18(16)19/h3-11,13-14H,12H2,1-2H3,(H,22,25)(H,24,26)/b23-13-. The van der Waals surface area contributed by atoms with Crippen LogP contribution in [0.4, 0.5) is 0 Å². The number of hydrogen-bond donors (Lipinski definition) is 2. The maximum absolute atomic E-state index is 11.8. The van der Waals surface area contributed by atoms with Crippen LogP contribution in [0.1, 0.15) is 19.4 Å². The summed E-state index contributed by atoms with van der Waals surface area (Å²) in [4.78, 5) is 23.6. The molecular weight excluding hydrogens is 326 g/mol. The number of amides is 2. The van der Waals surface area contributed by atoms with Gasteiger partial charge in [0.25, 0.3) is 0 Å². The van der Waals surface area contributed by atoms with Crippen molar-refractivity contribution in [3.63, 3.8) is 0 Å². The minimum Gasteiger partial charge on any atom is -0.348 e. The highest BCUT2D eigenvalue weighted by atomic mass is 16.2. The molecule has 2 amide bonds. The molecule has 0 radical (unpaired) electrons. The number of carbonyl (C=O) groups excluding carboxylic acids is 2. The quantitative estimate of drug-likeness (QED) is 0.329. The van der Waals surface area contributed by atoms with Crippen LogP contribution in [0.15, 0.2) is 59.7 Å². The van der Waals surface area contributed by atoms with E-state index < -0.39 is 11.8 Å². The van der Waals surface area contributed by atoms with Crippen LogP contribution in [0.25, 0.3) is 21.5 Å². The van der Waals surface area contributed by atoms with E-state index in [0.29, 0.717) is 6.54 Å². The fraction of sp³-hybridized carbons (Fsp3) is 0.190. The maximum atomic E-state index is 11.8. The number of fused-ring (bicyclic) bond motifs is 2. The van der Waals surface area contributed by atoms with E-state index in [4.69, 9.17) is 0 Å². The van der Waals surface area contributed by atoms with Gasteiger partial charge >= 0.3 is 11.8 Å². The summed E-state index contributed by atoms with van der Waals surface area (Å²) < 4.78 is 0. The third-order valence-corrected chi connectivity index (χ3v) is 4.05. The number of hydrogen-bond acceptors (Lipinski definition) is 3. The first-order valence-electron chi connectivity index (χ1n) is 8.58. The molecule has 0 spiro atoms. The minimum atomic E-state index is -0.772. The second kappa shape index (κ2) is 7.78. The molecule has 0 unspecified atom stereocenters. The van der Waals surface area contributed by atoms with E-state index in [1.54, 1.807) is 6.21 Å². The first-order chi connectivity index (χ1) is 12.6. The van der Waals surface area contributed by atoms with Crippen molar-refractivity contribution in [1.82, 2.24) is 10.7 Å². The average molecular weight is 347 g/mol. The van der Waals surface area contributed by atoms with Crippen molar-refractivity contribution in [2.45, 2.75) is 13.8 Å². The third-order valence-electron chi connectivity index (χ3n) is 4.05. The molecule has 0 atom stereocenters. The molecule has 26 heavy (non-hydrogen) atoms. The lowest BCUT2D eigenvalue weighted by Gasteiger charge is -2.08. The number of benzene rings is 3. The van der Waals surface area contributed by atoms with Gasteiger partial charge < -0.3 is 5.32 Å². The Hall–Kier alpha value is -3.21. The molecule has 5 heteroatoms. The number of carbonyl (C=O) groups is 2. The fourth-order valence-corrected chi connectivity index (χ4v) is 2.77. The first-order valence-corrected chi connectivity index (χ1v) is 8.58. The summed E-state index contributed by atoms with van der Waals surface area (Å²) in [5, 5.41) is 10.8. The molecule has 3 aromatic rings. The van der Waals surface area contributed by atoms with Gasteiger partial charge in [0, 0.05) is 12.1 Å². The number of hydrazone groups is 1. The maximum Gasteiger partial charge on any atom is 0.329 e. The van der Waals surface area contributed by atoms with Gasteiger partial charge in [-0.3, -0.25) is 9.59 Å². The summed E-state index contributed by atoms with van der Waals surface area (Å²) in [7, 11) is 0. The molecule has 0 heterocycles. The summed E-state index contributed by atoms with van der Waals surface area (Å²) in [5.41, 5.74) is 3.21. The summed E-state index contributed by atoms with van der Waals surface area (Å²) in [6, 6.07) is 18.1. The fourth-order valence-electron chi connectivity index (χ4n) is 2.77. The van der Waals surface area contributed by atoms with Crippen molar-refractivity contribution < 1.29 is 9.59 Å². The van der Waals surface area contributed by atoms with Crippen LogP contribution in [0, 0.1) is 5.92 Å². The van der Waals surface area contributed by atoms with E-state index in [9.17, 15) is 9.59 Å². The Morgan fingerprint density at radius 3 is 2.12 bits per heavy atom. The van der Waals surface area contributed by atoms with Crippen LogP contribution in [0.3, 0.4) is 0 Å². The number of nitrogens with zero attached hydrogens (tertiary/aromatic N) is 1. The van der Waals surface area contributed by atoms with Gasteiger partial charge in [-0.25, -0.2) is 5.43 Å². The zero-order valence-corrected chi connectivity index (χ0v) is 14.8. The van der Waals surface area contributed by atoms with E-state index in [-0.39, 0.29) is 5.92 Å². The molecule has 0 saturated carbocycles. The van der Waals surface area contributed by atoms with Crippen molar-refractivity contribution in [3.05, 3.63) is 60.2 Å². The van der Waals surface area contributed by atoms with Gasteiger partial charge in [-0.15, -0.1) is 0 Å². The zero-order valence-electron chi connectivity index (χ0n) is 14.8. The Balaban J connectivity index is 1.86. The van der Waals surface area contributed by atoms with Crippen LogP contribution < -0.4 is 10.7 Å². The second-order valence-corrected chi connectivity index (χ2v) is 6.54. The van der Waals surface area contributed by atoms with Crippen molar-refractivity contribution >= 4 is 39.6 Å². The lowest BCUT2D eigenvalue weighted by Crippen LogP contribution is -2.39. The molecule has 0 bridgehead atoms. The predicted molar refractivity (Wildman–Crippen MR) is 105 cm³/mol. The van der Waals surface area contributed by atoms with Gasteiger partial charge in [0.2, 0.25) is 0 Å². The Bertz CT molecular complexity index is 939. The summed E-state index contributed by atoms with van der Waals surface area (Å²) in [5.74, 6) is -1.18. The van der Waals surface area contributed by atoms with Gasteiger partial charge in [0.1, 0.15) is 0 Å². The summed E-state index contributed by atoms with van der Waals surface area (Å²) in [6.45, 7) is 4.37. The van der Waals surface area contributed by atoms with Crippen LogP contribution >= 0.6 is 0 Å².